The lowest BCUT2D eigenvalue weighted by Gasteiger charge is -2.11. The zero-order chi connectivity index (χ0) is 23.0. The maximum absolute atomic E-state index is 12.7. The Balaban J connectivity index is 1.51. The van der Waals surface area contributed by atoms with Crippen LogP contribution < -0.4 is 10.6 Å². The molecule has 32 heavy (non-hydrogen) atoms. The summed E-state index contributed by atoms with van der Waals surface area (Å²) in [5.74, 6) is 0.277. The molecule has 0 unspecified atom stereocenters. The second kappa shape index (κ2) is 9.74. The molecule has 1 heterocycles. The van der Waals surface area contributed by atoms with Crippen LogP contribution in [0.5, 0.6) is 0 Å². The molecule has 0 bridgehead atoms. The summed E-state index contributed by atoms with van der Waals surface area (Å²) in [5.41, 5.74) is 5.94. The minimum absolute atomic E-state index is 0.202. The third-order valence-electron chi connectivity index (χ3n) is 4.86. The number of carbonyl (C=O) groups excluding carboxylic acids is 1. The zero-order valence-electron chi connectivity index (χ0n) is 16.9. The number of thiocarbonyl (C=S) groups is 1. The van der Waals surface area contributed by atoms with E-state index in [0.29, 0.717) is 28.2 Å². The lowest BCUT2D eigenvalue weighted by molar-refractivity contribution is 0.0977. The molecule has 0 aliphatic carbocycles. The van der Waals surface area contributed by atoms with Gasteiger partial charge in [-0.25, -0.2) is 4.98 Å². The van der Waals surface area contributed by atoms with E-state index in [1.54, 1.807) is 6.07 Å². The van der Waals surface area contributed by atoms with Crippen LogP contribution in [0.15, 0.2) is 57.4 Å². The van der Waals surface area contributed by atoms with Crippen molar-refractivity contribution in [2.75, 3.05) is 5.32 Å². The zero-order valence-corrected chi connectivity index (χ0v) is 23.6. The van der Waals surface area contributed by atoms with Gasteiger partial charge in [0, 0.05) is 22.9 Å². The average Bonchev–Trinajstić information content (AvgIpc) is 3.15. The Bertz CT molecular complexity index is 1390. The molecule has 4 rings (SSSR count). The first-order valence-corrected chi connectivity index (χ1v) is 12.8. The second-order valence-electron chi connectivity index (χ2n) is 7.16. The Morgan fingerprint density at radius 3 is 2.59 bits per heavy atom. The van der Waals surface area contributed by atoms with Crippen LogP contribution in [-0.2, 0) is 0 Å². The van der Waals surface area contributed by atoms with Crippen molar-refractivity contribution in [1.29, 1.82) is 0 Å². The van der Waals surface area contributed by atoms with E-state index in [0.717, 1.165) is 17.2 Å². The Morgan fingerprint density at radius 2 is 1.84 bits per heavy atom. The summed E-state index contributed by atoms with van der Waals surface area (Å²) in [6.45, 7) is 4.14. The molecule has 3 aromatic carbocycles. The van der Waals surface area contributed by atoms with Gasteiger partial charge in [-0.15, -0.1) is 0 Å². The normalized spacial score (nSPS) is 10.9. The molecule has 0 aliphatic rings. The highest BCUT2D eigenvalue weighted by molar-refractivity contribution is 14.1. The maximum Gasteiger partial charge on any atom is 0.258 e. The fraction of sp³-hybridized carbons (Fsp3) is 0.0870. The maximum atomic E-state index is 12.7. The molecular weight excluding hydrogens is 716 g/mol. The van der Waals surface area contributed by atoms with Gasteiger partial charge in [-0.1, -0.05) is 6.07 Å². The molecule has 9 heteroatoms. The molecular formula is C23H16BrI2N3O2S. The number of carbonyl (C=O) groups is 1. The predicted molar refractivity (Wildman–Crippen MR) is 152 cm³/mol. The molecule has 0 spiro atoms. The molecule has 0 fully saturated rings. The van der Waals surface area contributed by atoms with Gasteiger partial charge in [0.05, 0.1) is 5.56 Å². The van der Waals surface area contributed by atoms with Gasteiger partial charge in [-0.3, -0.25) is 10.1 Å². The number of rotatable bonds is 3. The number of hydrogen-bond acceptors (Lipinski definition) is 4. The molecule has 4 aromatic rings. The number of halogens is 3. The van der Waals surface area contributed by atoms with E-state index in [2.05, 4.69) is 103 Å². The summed E-state index contributed by atoms with van der Waals surface area (Å²) in [5, 5.41) is 5.98. The lowest BCUT2D eigenvalue weighted by Crippen LogP contribution is -2.34. The molecule has 162 valence electrons. The fourth-order valence-corrected chi connectivity index (χ4v) is 5.52. The molecule has 5 nitrogen and oxygen atoms in total. The Hall–Kier alpha value is -1.57. The average molecular weight is 732 g/mol. The SMILES string of the molecule is Cc1ccc(-c2nc3cc(NC(=S)NC(=O)c4cc(I)cc(I)c4Br)ccc3o2)cc1C. The molecule has 0 atom stereocenters. The van der Waals surface area contributed by atoms with Crippen LogP contribution in [0.25, 0.3) is 22.6 Å². The number of hydrogen-bond donors (Lipinski definition) is 2. The molecule has 2 N–H and O–H groups in total. The number of aromatic nitrogens is 1. The van der Waals surface area contributed by atoms with Crippen LogP contribution in [0.2, 0.25) is 0 Å². The summed E-state index contributed by atoms with van der Waals surface area (Å²) in [7, 11) is 0. The largest absolute Gasteiger partial charge is 0.436 e. The Morgan fingerprint density at radius 1 is 1.06 bits per heavy atom. The quantitative estimate of drug-likeness (QED) is 0.133. The van der Waals surface area contributed by atoms with Gasteiger partial charge in [0.2, 0.25) is 5.89 Å². The highest BCUT2D eigenvalue weighted by atomic mass is 127. The van der Waals surface area contributed by atoms with E-state index in [1.807, 2.05) is 30.3 Å². The number of anilines is 1. The van der Waals surface area contributed by atoms with Crippen molar-refractivity contribution in [2.45, 2.75) is 13.8 Å². The first kappa shape index (κ1) is 23.6. The summed E-state index contributed by atoms with van der Waals surface area (Å²) >= 11 is 13.2. The molecule has 1 amide bonds. The minimum Gasteiger partial charge on any atom is -0.436 e. The van der Waals surface area contributed by atoms with Gasteiger partial charge in [-0.2, -0.15) is 0 Å². The number of aryl methyl sites for hydroxylation is 2. The standard InChI is InChI=1S/C23H16BrI2N3O2S/c1-11-3-4-13(7-12(11)2)22-28-18-10-15(5-6-19(18)31-22)27-23(32)29-21(30)16-8-14(25)9-17(26)20(16)24/h3-10H,1-2H3,(H2,27,29,30,32). The third-order valence-corrected chi connectivity index (χ3v) is 8.14. The monoisotopic (exact) mass is 731 g/mol. The summed E-state index contributed by atoms with van der Waals surface area (Å²) in [6, 6.07) is 15.4. The smallest absolute Gasteiger partial charge is 0.258 e. The lowest BCUT2D eigenvalue weighted by atomic mass is 10.1. The predicted octanol–water partition coefficient (Wildman–Crippen LogP) is 7.21. The van der Waals surface area contributed by atoms with E-state index in [-0.39, 0.29) is 11.0 Å². The number of amides is 1. The van der Waals surface area contributed by atoms with Crippen molar-refractivity contribution in [2.24, 2.45) is 0 Å². The highest BCUT2D eigenvalue weighted by Gasteiger charge is 2.16. The van der Waals surface area contributed by atoms with Crippen LogP contribution >= 0.6 is 73.3 Å². The van der Waals surface area contributed by atoms with Gasteiger partial charge >= 0.3 is 0 Å². The first-order chi connectivity index (χ1) is 15.2. The van der Waals surface area contributed by atoms with Crippen molar-refractivity contribution >= 4 is 101 Å². The summed E-state index contributed by atoms with van der Waals surface area (Å²) < 4.78 is 8.58. The van der Waals surface area contributed by atoms with Crippen molar-refractivity contribution in [3.63, 3.8) is 0 Å². The van der Waals surface area contributed by atoms with Crippen LogP contribution in [0.4, 0.5) is 5.69 Å². The van der Waals surface area contributed by atoms with Crippen LogP contribution in [-0.4, -0.2) is 16.0 Å². The van der Waals surface area contributed by atoms with Crippen molar-refractivity contribution in [3.05, 3.63) is 76.8 Å². The van der Waals surface area contributed by atoms with E-state index < -0.39 is 0 Å². The van der Waals surface area contributed by atoms with E-state index in [9.17, 15) is 4.79 Å². The number of fused-ring (bicyclic) bond motifs is 1. The number of nitrogens with one attached hydrogen (secondary N) is 2. The summed E-state index contributed by atoms with van der Waals surface area (Å²) in [6.07, 6.45) is 0. The van der Waals surface area contributed by atoms with Crippen LogP contribution in [0.3, 0.4) is 0 Å². The van der Waals surface area contributed by atoms with Gasteiger partial charge in [0.1, 0.15) is 5.52 Å². The van der Waals surface area contributed by atoms with Gasteiger partial charge < -0.3 is 9.73 Å². The van der Waals surface area contributed by atoms with Crippen LogP contribution in [0, 0.1) is 21.0 Å². The third kappa shape index (κ3) is 5.15. The first-order valence-electron chi connectivity index (χ1n) is 9.46. The fourth-order valence-electron chi connectivity index (χ4n) is 3.06. The minimum atomic E-state index is -0.287. The summed E-state index contributed by atoms with van der Waals surface area (Å²) in [4.78, 5) is 17.3. The topological polar surface area (TPSA) is 67.2 Å². The molecule has 0 radical (unpaired) electrons. The molecule has 0 aliphatic heterocycles. The number of oxazole rings is 1. The van der Waals surface area contributed by atoms with Gasteiger partial charge in [-0.05, 0) is 141 Å². The second-order valence-corrected chi connectivity index (χ2v) is 10.8. The van der Waals surface area contributed by atoms with Crippen molar-refractivity contribution in [3.8, 4) is 11.5 Å². The van der Waals surface area contributed by atoms with Gasteiger partial charge in [0.15, 0.2) is 10.7 Å². The van der Waals surface area contributed by atoms with Crippen molar-refractivity contribution in [1.82, 2.24) is 10.3 Å². The Labute approximate surface area is 226 Å². The highest BCUT2D eigenvalue weighted by Crippen LogP contribution is 2.28. The van der Waals surface area contributed by atoms with E-state index in [4.69, 9.17) is 16.6 Å². The molecule has 0 saturated heterocycles. The van der Waals surface area contributed by atoms with Crippen molar-refractivity contribution < 1.29 is 9.21 Å². The Kier molecular flexibility index (Phi) is 7.18. The molecule has 1 aromatic heterocycles. The number of benzene rings is 3. The number of nitrogens with zero attached hydrogens (tertiary/aromatic N) is 1. The van der Waals surface area contributed by atoms with Gasteiger partial charge in [0.25, 0.3) is 5.91 Å². The molecule has 0 saturated carbocycles. The van der Waals surface area contributed by atoms with E-state index >= 15 is 0 Å². The van der Waals surface area contributed by atoms with E-state index in [1.165, 1.54) is 11.1 Å². The van der Waals surface area contributed by atoms with Crippen LogP contribution in [0.1, 0.15) is 21.5 Å².